The first-order valence-electron chi connectivity index (χ1n) is 6.06. The van der Waals surface area contributed by atoms with Crippen LogP contribution in [0, 0.1) is 5.82 Å². The van der Waals surface area contributed by atoms with E-state index in [4.69, 9.17) is 10.5 Å². The zero-order valence-electron chi connectivity index (χ0n) is 11.0. The van der Waals surface area contributed by atoms with Gasteiger partial charge in [0.25, 0.3) is 0 Å². The molecule has 0 bridgehead atoms. The Bertz CT molecular complexity index is 722. The van der Waals surface area contributed by atoms with Gasteiger partial charge >= 0.3 is 0 Å². The normalized spacial score (nSPS) is 11.3. The van der Waals surface area contributed by atoms with Gasteiger partial charge in [-0.2, -0.15) is 0 Å². The Kier molecular flexibility index (Phi) is 4.71. The molecule has 0 aliphatic rings. The summed E-state index contributed by atoms with van der Waals surface area (Å²) in [7, 11) is -3.81. The maximum atomic E-state index is 13.0. The van der Waals surface area contributed by atoms with Gasteiger partial charge in [-0.05, 0) is 18.2 Å². The molecule has 21 heavy (non-hydrogen) atoms. The molecule has 0 aliphatic carbocycles. The number of para-hydroxylation sites is 2. The molecular formula is C13H14FN3O3S. The van der Waals surface area contributed by atoms with Crippen molar-refractivity contribution in [3.63, 3.8) is 0 Å². The van der Waals surface area contributed by atoms with Gasteiger partial charge in [0, 0.05) is 12.7 Å². The van der Waals surface area contributed by atoms with Crippen molar-refractivity contribution < 1.29 is 17.5 Å². The van der Waals surface area contributed by atoms with E-state index in [9.17, 15) is 12.8 Å². The molecule has 3 N–H and O–H groups in total. The van der Waals surface area contributed by atoms with Gasteiger partial charge in [-0.3, -0.25) is 4.98 Å². The van der Waals surface area contributed by atoms with Gasteiger partial charge in [0.1, 0.15) is 23.1 Å². The number of nitrogens with two attached hydrogens (primary N) is 1. The summed E-state index contributed by atoms with van der Waals surface area (Å²) in [5.41, 5.74) is 6.15. The second-order valence-electron chi connectivity index (χ2n) is 4.12. The summed E-state index contributed by atoms with van der Waals surface area (Å²) in [4.78, 5) is 3.26. The highest BCUT2D eigenvalue weighted by atomic mass is 32.2. The molecule has 0 amide bonds. The molecule has 0 saturated heterocycles. The number of nitrogens with zero attached hydrogens (tertiary/aromatic N) is 1. The second kappa shape index (κ2) is 6.51. The molecule has 8 heteroatoms. The van der Waals surface area contributed by atoms with Crippen molar-refractivity contribution >= 4 is 15.7 Å². The van der Waals surface area contributed by atoms with Crippen molar-refractivity contribution in [3.8, 4) is 5.75 Å². The van der Waals surface area contributed by atoms with E-state index in [0.29, 0.717) is 11.4 Å². The lowest BCUT2D eigenvalue weighted by Gasteiger charge is -2.09. The average Bonchev–Trinajstić information content (AvgIpc) is 2.45. The minimum Gasteiger partial charge on any atom is -0.490 e. The smallest absolute Gasteiger partial charge is 0.242 e. The fourth-order valence-electron chi connectivity index (χ4n) is 1.57. The first kappa shape index (κ1) is 15.2. The first-order valence-corrected chi connectivity index (χ1v) is 7.55. The van der Waals surface area contributed by atoms with E-state index in [-0.39, 0.29) is 18.0 Å². The zero-order chi connectivity index (χ0) is 15.3. The van der Waals surface area contributed by atoms with E-state index < -0.39 is 15.8 Å². The number of rotatable bonds is 6. The quantitative estimate of drug-likeness (QED) is 0.616. The van der Waals surface area contributed by atoms with E-state index in [1.165, 1.54) is 0 Å². The summed E-state index contributed by atoms with van der Waals surface area (Å²) < 4.78 is 44.3. The van der Waals surface area contributed by atoms with Gasteiger partial charge in [0.15, 0.2) is 0 Å². The number of benzene rings is 1. The van der Waals surface area contributed by atoms with Crippen LogP contribution in [-0.2, 0) is 10.0 Å². The SMILES string of the molecule is Nc1ccccc1OCCNS(=O)(=O)c1cncc(F)c1. The topological polar surface area (TPSA) is 94.3 Å². The minimum atomic E-state index is -3.81. The van der Waals surface area contributed by atoms with Gasteiger partial charge in [0.05, 0.1) is 11.9 Å². The highest BCUT2D eigenvalue weighted by Crippen LogP contribution is 2.19. The molecule has 0 atom stereocenters. The Labute approximate surface area is 121 Å². The highest BCUT2D eigenvalue weighted by molar-refractivity contribution is 7.89. The molecule has 0 unspecified atom stereocenters. The largest absolute Gasteiger partial charge is 0.490 e. The van der Waals surface area contributed by atoms with Gasteiger partial charge < -0.3 is 10.5 Å². The first-order chi connectivity index (χ1) is 9.99. The Morgan fingerprint density at radius 1 is 1.29 bits per heavy atom. The molecule has 2 aromatic rings. The lowest BCUT2D eigenvalue weighted by Crippen LogP contribution is -2.28. The van der Waals surface area contributed by atoms with Crippen LogP contribution in [0.2, 0.25) is 0 Å². The molecule has 1 aromatic heterocycles. The van der Waals surface area contributed by atoms with Crippen LogP contribution in [-0.4, -0.2) is 26.6 Å². The van der Waals surface area contributed by atoms with E-state index in [1.807, 2.05) is 0 Å². The van der Waals surface area contributed by atoms with Crippen molar-refractivity contribution in [2.45, 2.75) is 4.90 Å². The van der Waals surface area contributed by atoms with Crippen LogP contribution in [0.25, 0.3) is 0 Å². The molecule has 0 spiro atoms. The van der Waals surface area contributed by atoms with Crippen LogP contribution in [0.15, 0.2) is 47.6 Å². The van der Waals surface area contributed by atoms with Crippen molar-refractivity contribution in [1.82, 2.24) is 9.71 Å². The van der Waals surface area contributed by atoms with E-state index in [1.54, 1.807) is 24.3 Å². The summed E-state index contributed by atoms with van der Waals surface area (Å²) in [6, 6.07) is 7.78. The molecular weight excluding hydrogens is 297 g/mol. The summed E-state index contributed by atoms with van der Waals surface area (Å²) in [5.74, 6) is -0.240. The summed E-state index contributed by atoms with van der Waals surface area (Å²) >= 11 is 0. The van der Waals surface area contributed by atoms with Crippen molar-refractivity contribution in [1.29, 1.82) is 0 Å². The minimum absolute atomic E-state index is 0.0210. The van der Waals surface area contributed by atoms with Gasteiger partial charge in [0.2, 0.25) is 10.0 Å². The molecule has 1 aromatic carbocycles. The zero-order valence-corrected chi connectivity index (χ0v) is 11.8. The molecule has 0 fully saturated rings. The molecule has 2 rings (SSSR count). The number of hydrogen-bond acceptors (Lipinski definition) is 5. The van der Waals surface area contributed by atoms with Crippen LogP contribution in [0.3, 0.4) is 0 Å². The highest BCUT2D eigenvalue weighted by Gasteiger charge is 2.14. The number of halogens is 1. The van der Waals surface area contributed by atoms with E-state index in [0.717, 1.165) is 18.5 Å². The molecule has 1 heterocycles. The fourth-order valence-corrected chi connectivity index (χ4v) is 2.56. The Morgan fingerprint density at radius 2 is 2.05 bits per heavy atom. The number of ether oxygens (including phenoxy) is 1. The average molecular weight is 311 g/mol. The second-order valence-corrected chi connectivity index (χ2v) is 5.89. The monoisotopic (exact) mass is 311 g/mol. The fraction of sp³-hybridized carbons (Fsp3) is 0.154. The summed E-state index contributed by atoms with van der Waals surface area (Å²) in [6.45, 7) is 0.114. The third-order valence-electron chi connectivity index (χ3n) is 2.56. The van der Waals surface area contributed by atoms with Crippen LogP contribution in [0.1, 0.15) is 0 Å². The third kappa shape index (κ3) is 4.14. The predicted molar refractivity (Wildman–Crippen MR) is 75.7 cm³/mol. The van der Waals surface area contributed by atoms with Crippen molar-refractivity contribution in [3.05, 3.63) is 48.5 Å². The van der Waals surface area contributed by atoms with Crippen molar-refractivity contribution in [2.24, 2.45) is 0 Å². The molecule has 112 valence electrons. The number of pyridine rings is 1. The van der Waals surface area contributed by atoms with E-state index >= 15 is 0 Å². The summed E-state index contributed by atoms with van der Waals surface area (Å²) in [6.07, 6.45) is 2.00. The third-order valence-corrected chi connectivity index (χ3v) is 3.99. The molecule has 0 radical (unpaired) electrons. The predicted octanol–water partition coefficient (Wildman–Crippen LogP) is 1.16. The Hall–Kier alpha value is -2.19. The molecule has 6 nitrogen and oxygen atoms in total. The van der Waals surface area contributed by atoms with E-state index in [2.05, 4.69) is 9.71 Å². The molecule has 0 aliphatic heterocycles. The Balaban J connectivity index is 1.90. The van der Waals surface area contributed by atoms with Crippen molar-refractivity contribution in [2.75, 3.05) is 18.9 Å². The van der Waals surface area contributed by atoms with Gasteiger partial charge in [-0.15, -0.1) is 0 Å². The van der Waals surface area contributed by atoms with Crippen LogP contribution in [0.4, 0.5) is 10.1 Å². The Morgan fingerprint density at radius 3 is 2.76 bits per heavy atom. The lowest BCUT2D eigenvalue weighted by atomic mass is 10.3. The summed E-state index contributed by atoms with van der Waals surface area (Å²) in [5, 5.41) is 0. The van der Waals surface area contributed by atoms with Crippen LogP contribution >= 0.6 is 0 Å². The maximum Gasteiger partial charge on any atom is 0.242 e. The number of anilines is 1. The lowest BCUT2D eigenvalue weighted by molar-refractivity contribution is 0.324. The number of hydrogen-bond donors (Lipinski definition) is 2. The maximum absolute atomic E-state index is 13.0. The number of aromatic nitrogens is 1. The number of nitrogens with one attached hydrogen (secondary N) is 1. The number of sulfonamides is 1. The van der Waals surface area contributed by atoms with Gasteiger partial charge in [-0.25, -0.2) is 17.5 Å². The van der Waals surface area contributed by atoms with Crippen LogP contribution < -0.4 is 15.2 Å². The molecule has 0 saturated carbocycles. The standard InChI is InChI=1S/C13H14FN3O3S/c14-10-7-11(9-16-8-10)21(18,19)17-5-6-20-13-4-2-1-3-12(13)15/h1-4,7-9,17H,5-6,15H2. The number of nitrogen functional groups attached to an aromatic ring is 1. The van der Waals surface area contributed by atoms with Crippen LogP contribution in [0.5, 0.6) is 5.75 Å². The van der Waals surface area contributed by atoms with Gasteiger partial charge in [-0.1, -0.05) is 12.1 Å².